The Bertz CT molecular complexity index is 927. The lowest BCUT2D eigenvalue weighted by Crippen LogP contribution is -2.45. The number of carbonyl (C=O) groups excluding carboxylic acids is 4. The number of hydrogen-bond donors (Lipinski definition) is 0. The lowest BCUT2D eigenvalue weighted by molar-refractivity contribution is -0.187. The summed E-state index contributed by atoms with van der Waals surface area (Å²) in [4.78, 5) is 47.9. The van der Waals surface area contributed by atoms with Crippen LogP contribution in [0.2, 0.25) is 0 Å². The van der Waals surface area contributed by atoms with Gasteiger partial charge < -0.3 is 28.4 Å². The van der Waals surface area contributed by atoms with Gasteiger partial charge in [-0.2, -0.15) is 0 Å². The Morgan fingerprint density at radius 2 is 1.83 bits per heavy atom. The Morgan fingerprint density at radius 3 is 2.40 bits per heavy atom. The van der Waals surface area contributed by atoms with Crippen LogP contribution in [0.4, 0.5) is 0 Å². The van der Waals surface area contributed by atoms with E-state index < -0.39 is 53.4 Å². The van der Waals surface area contributed by atoms with Crippen LogP contribution >= 0.6 is 0 Å². The Kier molecular flexibility index (Phi) is 7.93. The summed E-state index contributed by atoms with van der Waals surface area (Å²) in [7, 11) is 0. The van der Waals surface area contributed by atoms with Gasteiger partial charge in [0.15, 0.2) is 6.10 Å². The van der Waals surface area contributed by atoms with Crippen LogP contribution < -0.4 is 0 Å². The highest BCUT2D eigenvalue weighted by atomic mass is 16.7. The first kappa shape index (κ1) is 26.7. The maximum absolute atomic E-state index is 12.7. The maximum atomic E-state index is 12.7. The topological polar surface area (TPSA) is 127 Å². The summed E-state index contributed by atoms with van der Waals surface area (Å²) in [6, 6.07) is 0. The molecule has 1 fully saturated rings. The average Bonchev–Trinajstić information content (AvgIpc) is 3.45. The SMILES string of the molecule is CCC(C)CC(=O)OC1OC=C(COC(C)=O)C2=CC(OC(=O)CC(C)(C)OC(C)=O)C3(CO3)C21. The fourth-order valence-electron chi connectivity index (χ4n) is 4.34. The molecule has 5 atom stereocenters. The van der Waals surface area contributed by atoms with Crippen molar-refractivity contribution >= 4 is 23.9 Å². The van der Waals surface area contributed by atoms with Gasteiger partial charge in [-0.15, -0.1) is 0 Å². The van der Waals surface area contributed by atoms with Crippen LogP contribution in [0.3, 0.4) is 0 Å². The zero-order valence-corrected chi connectivity index (χ0v) is 21.1. The minimum absolute atomic E-state index is 0.0541. The highest BCUT2D eigenvalue weighted by Gasteiger charge is 2.68. The largest absolute Gasteiger partial charge is 0.461 e. The minimum Gasteiger partial charge on any atom is -0.461 e. The number of ether oxygens (including phenoxy) is 6. The van der Waals surface area contributed by atoms with Gasteiger partial charge in [-0.1, -0.05) is 20.3 Å². The van der Waals surface area contributed by atoms with Crippen molar-refractivity contribution in [2.75, 3.05) is 13.2 Å². The number of esters is 4. The average molecular weight is 495 g/mol. The van der Waals surface area contributed by atoms with E-state index in [2.05, 4.69) is 0 Å². The standard InChI is InChI=1S/C25H34O10/c1-7-14(2)8-20(28)34-23-22-18(17(12-31-23)11-30-15(3)26)9-19(25(22)13-32-25)33-21(29)10-24(5,6)35-16(4)27/h9,12,14,19,22-23H,7-8,10-11,13H2,1-6H3. The summed E-state index contributed by atoms with van der Waals surface area (Å²) in [5.41, 5.74) is -0.772. The molecule has 0 N–H and O–H groups in total. The van der Waals surface area contributed by atoms with Crippen LogP contribution in [-0.4, -0.2) is 60.7 Å². The van der Waals surface area contributed by atoms with Crippen molar-refractivity contribution < 1.29 is 47.6 Å². The van der Waals surface area contributed by atoms with Gasteiger partial charge in [0.1, 0.15) is 17.8 Å². The molecule has 35 heavy (non-hydrogen) atoms. The molecule has 3 rings (SSSR count). The third kappa shape index (κ3) is 6.42. The molecule has 1 aliphatic carbocycles. The number of hydrogen-bond acceptors (Lipinski definition) is 10. The summed E-state index contributed by atoms with van der Waals surface area (Å²) in [5.74, 6) is -2.36. The van der Waals surface area contributed by atoms with Crippen molar-refractivity contribution in [3.05, 3.63) is 23.5 Å². The molecular formula is C25H34O10. The van der Waals surface area contributed by atoms with E-state index >= 15 is 0 Å². The molecule has 1 spiro atoms. The fourth-order valence-corrected chi connectivity index (χ4v) is 4.34. The van der Waals surface area contributed by atoms with Crippen LogP contribution in [0.25, 0.3) is 0 Å². The van der Waals surface area contributed by atoms with Gasteiger partial charge >= 0.3 is 23.9 Å². The van der Waals surface area contributed by atoms with Crippen LogP contribution in [0, 0.1) is 11.8 Å². The first-order chi connectivity index (χ1) is 16.4. The molecule has 2 aliphatic heterocycles. The Morgan fingerprint density at radius 1 is 1.14 bits per heavy atom. The second kappa shape index (κ2) is 10.4. The summed E-state index contributed by atoms with van der Waals surface area (Å²) >= 11 is 0. The minimum atomic E-state index is -1.05. The highest BCUT2D eigenvalue weighted by molar-refractivity contribution is 5.73. The van der Waals surface area contributed by atoms with Gasteiger partial charge in [0.05, 0.1) is 25.2 Å². The molecule has 0 radical (unpaired) electrons. The van der Waals surface area contributed by atoms with E-state index in [1.807, 2.05) is 13.8 Å². The van der Waals surface area contributed by atoms with E-state index in [4.69, 9.17) is 28.4 Å². The Hall–Kier alpha value is -2.88. The molecular weight excluding hydrogens is 460 g/mol. The van der Waals surface area contributed by atoms with Gasteiger partial charge in [-0.3, -0.25) is 19.2 Å². The second-order valence-corrected chi connectivity index (χ2v) is 9.92. The number of carbonyl (C=O) groups is 4. The molecule has 2 heterocycles. The van der Waals surface area contributed by atoms with Crippen LogP contribution in [-0.2, 0) is 47.6 Å². The first-order valence-electron chi connectivity index (χ1n) is 11.8. The number of rotatable bonds is 10. The third-order valence-corrected chi connectivity index (χ3v) is 6.28. The predicted molar refractivity (Wildman–Crippen MR) is 120 cm³/mol. The zero-order valence-electron chi connectivity index (χ0n) is 21.1. The number of fused-ring (bicyclic) bond motifs is 2. The molecule has 0 bridgehead atoms. The summed E-state index contributed by atoms with van der Waals surface area (Å²) in [6.45, 7) is 9.95. The van der Waals surface area contributed by atoms with Crippen LogP contribution in [0.15, 0.2) is 23.5 Å². The van der Waals surface area contributed by atoms with Crippen molar-refractivity contribution in [2.24, 2.45) is 11.8 Å². The number of epoxide rings is 1. The molecule has 0 aromatic heterocycles. The fraction of sp³-hybridized carbons (Fsp3) is 0.680. The first-order valence-corrected chi connectivity index (χ1v) is 11.8. The van der Waals surface area contributed by atoms with Gasteiger partial charge in [0.25, 0.3) is 6.29 Å². The normalized spacial score (nSPS) is 27.5. The predicted octanol–water partition coefficient (Wildman–Crippen LogP) is 2.74. The molecule has 0 aromatic carbocycles. The highest BCUT2D eigenvalue weighted by Crippen LogP contribution is 2.54. The van der Waals surface area contributed by atoms with Crippen LogP contribution in [0.1, 0.15) is 60.8 Å². The molecule has 10 nitrogen and oxygen atoms in total. The Labute approximate surface area is 204 Å². The third-order valence-electron chi connectivity index (χ3n) is 6.28. The smallest absolute Gasteiger partial charge is 0.310 e. The molecule has 10 heteroatoms. The summed E-state index contributed by atoms with van der Waals surface area (Å²) in [6.07, 6.45) is 2.26. The molecule has 0 aromatic rings. The van der Waals surface area contributed by atoms with Crippen LogP contribution in [0.5, 0.6) is 0 Å². The molecule has 0 saturated carbocycles. The van der Waals surface area contributed by atoms with Gasteiger partial charge in [0, 0.05) is 25.8 Å². The zero-order chi connectivity index (χ0) is 26.0. The molecule has 0 amide bonds. The van der Waals surface area contributed by atoms with Crippen molar-refractivity contribution in [3.8, 4) is 0 Å². The van der Waals surface area contributed by atoms with Crippen molar-refractivity contribution in [1.29, 1.82) is 0 Å². The second-order valence-electron chi connectivity index (χ2n) is 9.92. The summed E-state index contributed by atoms with van der Waals surface area (Å²) < 4.78 is 33.3. The molecule has 1 saturated heterocycles. The molecule has 3 aliphatic rings. The van der Waals surface area contributed by atoms with Crippen molar-refractivity contribution in [2.45, 2.75) is 84.4 Å². The lowest BCUT2D eigenvalue weighted by atomic mass is 9.85. The van der Waals surface area contributed by atoms with E-state index in [9.17, 15) is 19.2 Å². The van der Waals surface area contributed by atoms with Gasteiger partial charge in [0.2, 0.25) is 0 Å². The molecule has 194 valence electrons. The van der Waals surface area contributed by atoms with E-state index in [-0.39, 0.29) is 32.0 Å². The Balaban J connectivity index is 1.80. The van der Waals surface area contributed by atoms with Gasteiger partial charge in [-0.25, -0.2) is 0 Å². The van der Waals surface area contributed by atoms with E-state index in [0.29, 0.717) is 11.1 Å². The van der Waals surface area contributed by atoms with E-state index in [0.717, 1.165) is 6.42 Å². The van der Waals surface area contributed by atoms with E-state index in [1.165, 1.54) is 20.1 Å². The summed E-state index contributed by atoms with van der Waals surface area (Å²) in [5, 5.41) is 0. The quantitative estimate of drug-likeness (QED) is 0.254. The maximum Gasteiger partial charge on any atom is 0.310 e. The monoisotopic (exact) mass is 494 g/mol. The van der Waals surface area contributed by atoms with E-state index in [1.54, 1.807) is 19.9 Å². The molecule has 5 unspecified atom stereocenters. The van der Waals surface area contributed by atoms with Gasteiger partial charge in [-0.05, 0) is 31.4 Å². The van der Waals surface area contributed by atoms with Crippen molar-refractivity contribution in [3.63, 3.8) is 0 Å². The van der Waals surface area contributed by atoms with Crippen molar-refractivity contribution in [1.82, 2.24) is 0 Å². The lowest BCUT2D eigenvalue weighted by Gasteiger charge is -2.33.